The summed E-state index contributed by atoms with van der Waals surface area (Å²) in [5, 5.41) is 3.93. The number of hydrogen-bond acceptors (Lipinski definition) is 7. The van der Waals surface area contributed by atoms with Gasteiger partial charge in [0.15, 0.2) is 0 Å². The minimum absolute atomic E-state index is 0.0173. The SMILES string of the molecule is CCOC(=O)c1ccc(C(=O)OCC)c(NS(=O)(=O)c2cnn(CC)c2)c1. The maximum Gasteiger partial charge on any atom is 0.340 e. The molecule has 0 atom stereocenters. The van der Waals surface area contributed by atoms with Crippen LogP contribution in [0.3, 0.4) is 0 Å². The van der Waals surface area contributed by atoms with Gasteiger partial charge in [0.05, 0.1) is 36.2 Å². The molecule has 1 aromatic heterocycles. The number of carbonyl (C=O) groups excluding carboxylic acids is 2. The van der Waals surface area contributed by atoms with Gasteiger partial charge in [-0.15, -0.1) is 0 Å². The van der Waals surface area contributed by atoms with Crippen LogP contribution in [-0.4, -0.2) is 43.4 Å². The van der Waals surface area contributed by atoms with Crippen LogP contribution in [-0.2, 0) is 26.0 Å². The number of nitrogens with one attached hydrogen (secondary N) is 1. The fourth-order valence-corrected chi connectivity index (χ4v) is 3.24. The number of carbonyl (C=O) groups is 2. The van der Waals surface area contributed by atoms with Gasteiger partial charge in [-0.3, -0.25) is 9.40 Å². The Morgan fingerprint density at radius 1 is 1.11 bits per heavy atom. The van der Waals surface area contributed by atoms with Gasteiger partial charge in [-0.1, -0.05) is 0 Å². The van der Waals surface area contributed by atoms with E-state index < -0.39 is 22.0 Å². The standard InChI is InChI=1S/C17H21N3O6S/c1-4-20-11-13(10-18-20)27(23,24)19-15-9-12(16(21)25-5-2)7-8-14(15)17(22)26-6-3/h7-11,19H,4-6H2,1-3H3. The van der Waals surface area contributed by atoms with Crippen molar-refractivity contribution in [3.63, 3.8) is 0 Å². The predicted molar refractivity (Wildman–Crippen MR) is 97.1 cm³/mol. The average molecular weight is 395 g/mol. The van der Waals surface area contributed by atoms with Crippen LogP contribution in [0.25, 0.3) is 0 Å². The molecule has 0 unspecified atom stereocenters. The molecule has 0 saturated heterocycles. The smallest absolute Gasteiger partial charge is 0.340 e. The zero-order valence-corrected chi connectivity index (χ0v) is 16.1. The summed E-state index contributed by atoms with van der Waals surface area (Å²) >= 11 is 0. The van der Waals surface area contributed by atoms with Crippen LogP contribution in [0.4, 0.5) is 5.69 Å². The molecule has 146 valence electrons. The molecule has 9 nitrogen and oxygen atoms in total. The Morgan fingerprint density at radius 2 is 1.78 bits per heavy atom. The van der Waals surface area contributed by atoms with Crippen LogP contribution in [0.2, 0.25) is 0 Å². The van der Waals surface area contributed by atoms with E-state index in [1.807, 2.05) is 6.92 Å². The first-order chi connectivity index (χ1) is 12.8. The van der Waals surface area contributed by atoms with E-state index in [1.54, 1.807) is 13.8 Å². The van der Waals surface area contributed by atoms with Gasteiger partial charge in [0, 0.05) is 12.7 Å². The van der Waals surface area contributed by atoms with Gasteiger partial charge >= 0.3 is 11.9 Å². The van der Waals surface area contributed by atoms with Crippen LogP contribution in [0.5, 0.6) is 0 Å². The second-order valence-electron chi connectivity index (χ2n) is 5.34. The van der Waals surface area contributed by atoms with Crippen LogP contribution >= 0.6 is 0 Å². The maximum atomic E-state index is 12.6. The summed E-state index contributed by atoms with van der Waals surface area (Å²) in [6.07, 6.45) is 2.56. The average Bonchev–Trinajstić information content (AvgIpc) is 3.12. The van der Waals surface area contributed by atoms with Crippen LogP contribution < -0.4 is 4.72 Å². The zero-order chi connectivity index (χ0) is 20.0. The van der Waals surface area contributed by atoms with Crippen molar-refractivity contribution in [3.05, 3.63) is 41.7 Å². The molecule has 1 N–H and O–H groups in total. The lowest BCUT2D eigenvalue weighted by Crippen LogP contribution is -2.17. The second kappa shape index (κ2) is 8.67. The number of ether oxygens (including phenoxy) is 2. The van der Waals surface area contributed by atoms with E-state index in [9.17, 15) is 18.0 Å². The highest BCUT2D eigenvalue weighted by atomic mass is 32.2. The summed E-state index contributed by atoms with van der Waals surface area (Å²) in [5.74, 6) is -1.35. The number of rotatable bonds is 8. The molecule has 0 amide bonds. The van der Waals surface area contributed by atoms with E-state index in [0.717, 1.165) is 0 Å². The van der Waals surface area contributed by atoms with Crippen molar-refractivity contribution < 1.29 is 27.5 Å². The van der Waals surface area contributed by atoms with Crippen LogP contribution in [0.15, 0.2) is 35.5 Å². The topological polar surface area (TPSA) is 117 Å². The third-order valence-corrected chi connectivity index (χ3v) is 4.83. The van der Waals surface area contributed by atoms with Gasteiger partial charge in [-0.25, -0.2) is 18.0 Å². The zero-order valence-electron chi connectivity index (χ0n) is 15.3. The fourth-order valence-electron chi connectivity index (χ4n) is 2.22. The van der Waals surface area contributed by atoms with Crippen molar-refractivity contribution in [1.82, 2.24) is 9.78 Å². The molecule has 0 aliphatic rings. The molecule has 1 aromatic carbocycles. The summed E-state index contributed by atoms with van der Waals surface area (Å²) in [4.78, 5) is 24.0. The Kier molecular flexibility index (Phi) is 6.56. The molecular weight excluding hydrogens is 374 g/mol. The van der Waals surface area contributed by atoms with Gasteiger partial charge in [0.2, 0.25) is 0 Å². The van der Waals surface area contributed by atoms with Crippen molar-refractivity contribution in [3.8, 4) is 0 Å². The summed E-state index contributed by atoms with van der Waals surface area (Å²) in [5.41, 5.74) is 0.00598. The molecule has 0 bridgehead atoms. The lowest BCUT2D eigenvalue weighted by molar-refractivity contribution is 0.0512. The molecule has 0 aliphatic carbocycles. The van der Waals surface area contributed by atoms with Gasteiger partial charge < -0.3 is 9.47 Å². The Morgan fingerprint density at radius 3 is 2.37 bits per heavy atom. The van der Waals surface area contributed by atoms with Gasteiger partial charge in [0.25, 0.3) is 10.0 Å². The number of aryl methyl sites for hydroxylation is 1. The molecule has 0 fully saturated rings. The number of sulfonamides is 1. The molecular formula is C17H21N3O6S. The van der Waals surface area contributed by atoms with Crippen molar-refractivity contribution >= 4 is 27.6 Å². The third kappa shape index (κ3) is 4.85. The number of nitrogens with zero attached hydrogens (tertiary/aromatic N) is 2. The summed E-state index contributed by atoms with van der Waals surface area (Å²) in [7, 11) is -4.02. The first-order valence-electron chi connectivity index (χ1n) is 8.35. The first kappa shape index (κ1) is 20.4. The molecule has 0 spiro atoms. The van der Waals surface area contributed by atoms with Gasteiger partial charge in [-0.05, 0) is 39.0 Å². The van der Waals surface area contributed by atoms with E-state index in [1.165, 1.54) is 35.3 Å². The number of esters is 2. The predicted octanol–water partition coefficient (Wildman–Crippen LogP) is 2.06. The Balaban J connectivity index is 2.45. The van der Waals surface area contributed by atoms with Gasteiger partial charge in [-0.2, -0.15) is 5.10 Å². The van der Waals surface area contributed by atoms with E-state index in [4.69, 9.17) is 9.47 Å². The van der Waals surface area contributed by atoms with E-state index in [2.05, 4.69) is 9.82 Å². The number of benzene rings is 1. The normalized spacial score (nSPS) is 11.1. The highest BCUT2D eigenvalue weighted by molar-refractivity contribution is 7.92. The minimum Gasteiger partial charge on any atom is -0.462 e. The highest BCUT2D eigenvalue weighted by Crippen LogP contribution is 2.23. The molecule has 0 saturated carbocycles. The quantitative estimate of drug-likeness (QED) is 0.680. The lowest BCUT2D eigenvalue weighted by atomic mass is 10.1. The fraction of sp³-hybridized carbons (Fsp3) is 0.353. The molecule has 0 aliphatic heterocycles. The van der Waals surface area contributed by atoms with E-state index >= 15 is 0 Å². The lowest BCUT2D eigenvalue weighted by Gasteiger charge is -2.13. The maximum absolute atomic E-state index is 12.6. The molecule has 1 heterocycles. The Hall–Kier alpha value is -2.88. The monoisotopic (exact) mass is 395 g/mol. The highest BCUT2D eigenvalue weighted by Gasteiger charge is 2.22. The van der Waals surface area contributed by atoms with Crippen LogP contribution in [0, 0.1) is 0 Å². The molecule has 0 radical (unpaired) electrons. The minimum atomic E-state index is -4.02. The summed E-state index contributed by atoms with van der Waals surface area (Å²) in [6, 6.07) is 3.93. The number of anilines is 1. The Labute approximate surface area is 157 Å². The number of aromatic nitrogens is 2. The molecule has 10 heteroatoms. The second-order valence-corrected chi connectivity index (χ2v) is 7.02. The van der Waals surface area contributed by atoms with E-state index in [0.29, 0.717) is 6.54 Å². The summed E-state index contributed by atoms with van der Waals surface area (Å²) < 4.78 is 38.9. The van der Waals surface area contributed by atoms with Crippen molar-refractivity contribution in [2.75, 3.05) is 17.9 Å². The van der Waals surface area contributed by atoms with Crippen molar-refractivity contribution in [2.24, 2.45) is 0 Å². The van der Waals surface area contributed by atoms with Crippen molar-refractivity contribution in [2.45, 2.75) is 32.2 Å². The van der Waals surface area contributed by atoms with Crippen molar-refractivity contribution in [1.29, 1.82) is 0 Å². The molecule has 27 heavy (non-hydrogen) atoms. The third-order valence-electron chi connectivity index (χ3n) is 3.51. The molecule has 2 rings (SSSR count). The van der Waals surface area contributed by atoms with Gasteiger partial charge in [0.1, 0.15) is 4.90 Å². The van der Waals surface area contributed by atoms with E-state index in [-0.39, 0.29) is 34.9 Å². The Bertz CT molecular complexity index is 936. The summed E-state index contributed by atoms with van der Waals surface area (Å²) in [6.45, 7) is 5.89. The number of hydrogen-bond donors (Lipinski definition) is 1. The van der Waals surface area contributed by atoms with Crippen LogP contribution in [0.1, 0.15) is 41.5 Å². The molecule has 2 aromatic rings. The first-order valence-corrected chi connectivity index (χ1v) is 9.84. The largest absolute Gasteiger partial charge is 0.462 e.